The highest BCUT2D eigenvalue weighted by molar-refractivity contribution is 14.1. The molecule has 6 nitrogen and oxygen atoms in total. The lowest BCUT2D eigenvalue weighted by Crippen LogP contribution is -2.02. The van der Waals surface area contributed by atoms with E-state index in [0.29, 0.717) is 0 Å². The molecule has 0 unspecified atom stereocenters. The minimum absolute atomic E-state index is 0.0450. The van der Waals surface area contributed by atoms with Crippen LogP contribution in [0.3, 0.4) is 0 Å². The van der Waals surface area contributed by atoms with Crippen LogP contribution < -0.4 is 5.32 Å². The molecule has 0 saturated carbocycles. The van der Waals surface area contributed by atoms with Crippen molar-refractivity contribution in [2.45, 2.75) is 6.92 Å². The zero-order chi connectivity index (χ0) is 14.0. The standard InChI is InChI=1S/C11H8ClIN4O2/c1-6-7(13)3-2-4-8(6)15-10-9(17(18)19)5-14-11(12)16-10/h2-5H,1H3,(H,14,15,16). The molecule has 0 radical (unpaired) electrons. The zero-order valence-corrected chi connectivity index (χ0v) is 12.6. The number of rotatable bonds is 3. The van der Waals surface area contributed by atoms with Gasteiger partial charge in [0.25, 0.3) is 0 Å². The van der Waals surface area contributed by atoms with Gasteiger partial charge in [-0.1, -0.05) is 6.07 Å². The first-order valence-corrected chi connectivity index (χ1v) is 6.64. The molecule has 0 aliphatic heterocycles. The van der Waals surface area contributed by atoms with Gasteiger partial charge in [0, 0.05) is 9.26 Å². The quantitative estimate of drug-likeness (QED) is 0.374. The molecule has 2 aromatic rings. The summed E-state index contributed by atoms with van der Waals surface area (Å²) in [4.78, 5) is 17.8. The van der Waals surface area contributed by atoms with Crippen LogP contribution in [-0.4, -0.2) is 14.9 Å². The highest BCUT2D eigenvalue weighted by Crippen LogP contribution is 2.28. The second-order valence-electron chi connectivity index (χ2n) is 3.67. The molecule has 0 spiro atoms. The number of benzene rings is 1. The van der Waals surface area contributed by atoms with Crippen molar-refractivity contribution in [1.29, 1.82) is 0 Å². The molecule has 98 valence electrons. The van der Waals surface area contributed by atoms with Crippen LogP contribution in [0.5, 0.6) is 0 Å². The molecule has 19 heavy (non-hydrogen) atoms. The normalized spacial score (nSPS) is 10.3. The van der Waals surface area contributed by atoms with Crippen molar-refractivity contribution in [3.63, 3.8) is 0 Å². The van der Waals surface area contributed by atoms with Gasteiger partial charge in [-0.2, -0.15) is 4.98 Å². The van der Waals surface area contributed by atoms with Crippen LogP contribution >= 0.6 is 34.2 Å². The molecule has 2 rings (SSSR count). The van der Waals surface area contributed by atoms with Crippen LogP contribution in [0.1, 0.15) is 5.56 Å². The maximum Gasteiger partial charge on any atom is 0.329 e. The fourth-order valence-corrected chi connectivity index (χ4v) is 2.08. The molecule has 1 aromatic heterocycles. The molecule has 0 aliphatic rings. The smallest absolute Gasteiger partial charge is 0.329 e. The van der Waals surface area contributed by atoms with E-state index in [9.17, 15) is 10.1 Å². The molecule has 0 fully saturated rings. The molecule has 0 bridgehead atoms. The number of hydrogen-bond donors (Lipinski definition) is 1. The lowest BCUT2D eigenvalue weighted by molar-refractivity contribution is -0.384. The van der Waals surface area contributed by atoms with Crippen molar-refractivity contribution in [1.82, 2.24) is 9.97 Å². The van der Waals surface area contributed by atoms with E-state index in [1.165, 1.54) is 0 Å². The van der Waals surface area contributed by atoms with Crippen LogP contribution in [0, 0.1) is 20.6 Å². The maximum atomic E-state index is 10.9. The average molecular weight is 391 g/mol. The number of aromatic nitrogens is 2. The highest BCUT2D eigenvalue weighted by Gasteiger charge is 2.17. The van der Waals surface area contributed by atoms with Crippen molar-refractivity contribution in [3.8, 4) is 0 Å². The Morgan fingerprint density at radius 1 is 1.47 bits per heavy atom. The second-order valence-corrected chi connectivity index (χ2v) is 5.17. The Labute approximate surface area is 127 Å². The lowest BCUT2D eigenvalue weighted by atomic mass is 10.2. The third-order valence-corrected chi connectivity index (χ3v) is 3.81. The molecule has 1 N–H and O–H groups in total. The van der Waals surface area contributed by atoms with Gasteiger partial charge in [-0.05, 0) is 58.8 Å². The van der Waals surface area contributed by atoms with E-state index in [1.807, 2.05) is 25.1 Å². The summed E-state index contributed by atoms with van der Waals surface area (Å²) in [5, 5.41) is 13.8. The zero-order valence-electron chi connectivity index (χ0n) is 9.72. The topological polar surface area (TPSA) is 81.0 Å². The fourth-order valence-electron chi connectivity index (χ4n) is 1.45. The Morgan fingerprint density at radius 3 is 2.89 bits per heavy atom. The second kappa shape index (κ2) is 5.66. The summed E-state index contributed by atoms with van der Waals surface area (Å²) >= 11 is 7.86. The van der Waals surface area contributed by atoms with E-state index in [1.54, 1.807) is 0 Å². The summed E-state index contributed by atoms with van der Waals surface area (Å²) in [6.45, 7) is 1.92. The largest absolute Gasteiger partial charge is 0.334 e. The van der Waals surface area contributed by atoms with Gasteiger partial charge < -0.3 is 5.32 Å². The van der Waals surface area contributed by atoms with Gasteiger partial charge in [-0.15, -0.1) is 0 Å². The van der Waals surface area contributed by atoms with E-state index in [4.69, 9.17) is 11.6 Å². The minimum Gasteiger partial charge on any atom is -0.334 e. The summed E-state index contributed by atoms with van der Waals surface area (Å²) in [5.41, 5.74) is 1.50. The van der Waals surface area contributed by atoms with Crippen LogP contribution in [-0.2, 0) is 0 Å². The van der Waals surface area contributed by atoms with E-state index in [2.05, 4.69) is 37.9 Å². The van der Waals surface area contributed by atoms with Crippen molar-refractivity contribution in [2.75, 3.05) is 5.32 Å². The van der Waals surface area contributed by atoms with Crippen molar-refractivity contribution in [2.24, 2.45) is 0 Å². The number of nitrogens with one attached hydrogen (secondary N) is 1. The fraction of sp³-hybridized carbons (Fsp3) is 0.0909. The van der Waals surface area contributed by atoms with Gasteiger partial charge in [-0.3, -0.25) is 10.1 Å². The van der Waals surface area contributed by atoms with Crippen LogP contribution in [0.4, 0.5) is 17.2 Å². The highest BCUT2D eigenvalue weighted by atomic mass is 127. The first kappa shape index (κ1) is 13.9. The Hall–Kier alpha value is -1.48. The summed E-state index contributed by atoms with van der Waals surface area (Å²) in [6.07, 6.45) is 1.08. The van der Waals surface area contributed by atoms with Crippen LogP contribution in [0.25, 0.3) is 0 Å². The maximum absolute atomic E-state index is 10.9. The molecule has 8 heteroatoms. The van der Waals surface area contributed by atoms with E-state index in [-0.39, 0.29) is 16.8 Å². The van der Waals surface area contributed by atoms with Gasteiger partial charge in [0.15, 0.2) is 0 Å². The number of nitrogens with zero attached hydrogens (tertiary/aromatic N) is 3. The molecule has 1 heterocycles. The summed E-state index contributed by atoms with van der Waals surface area (Å²) in [7, 11) is 0. The van der Waals surface area contributed by atoms with Gasteiger partial charge in [0.05, 0.1) is 4.92 Å². The van der Waals surface area contributed by atoms with Gasteiger partial charge in [0.1, 0.15) is 6.20 Å². The monoisotopic (exact) mass is 390 g/mol. The Morgan fingerprint density at radius 2 is 2.21 bits per heavy atom. The van der Waals surface area contributed by atoms with Crippen LogP contribution in [0.15, 0.2) is 24.4 Å². The van der Waals surface area contributed by atoms with Gasteiger partial charge in [0.2, 0.25) is 11.1 Å². The molecule has 0 atom stereocenters. The molecular weight excluding hydrogens is 383 g/mol. The molecule has 0 amide bonds. The molecule has 0 aliphatic carbocycles. The summed E-state index contributed by atoms with van der Waals surface area (Å²) < 4.78 is 1.05. The van der Waals surface area contributed by atoms with Gasteiger partial charge >= 0.3 is 5.69 Å². The van der Waals surface area contributed by atoms with Crippen molar-refractivity contribution >= 4 is 51.4 Å². The van der Waals surface area contributed by atoms with E-state index < -0.39 is 4.92 Å². The van der Waals surface area contributed by atoms with Crippen molar-refractivity contribution < 1.29 is 4.92 Å². The SMILES string of the molecule is Cc1c(I)cccc1Nc1nc(Cl)ncc1[N+](=O)[O-]. The lowest BCUT2D eigenvalue weighted by Gasteiger charge is -2.10. The van der Waals surface area contributed by atoms with Gasteiger partial charge in [-0.25, -0.2) is 4.98 Å². The number of nitro groups is 1. The number of halogens is 2. The Kier molecular flexibility index (Phi) is 4.15. The summed E-state index contributed by atoms with van der Waals surface area (Å²) in [5.74, 6) is 0.0788. The molecule has 1 aromatic carbocycles. The predicted molar refractivity (Wildman–Crippen MR) is 80.9 cm³/mol. The summed E-state index contributed by atoms with van der Waals surface area (Å²) in [6, 6.07) is 5.62. The third-order valence-electron chi connectivity index (χ3n) is 2.46. The predicted octanol–water partition coefficient (Wildman–Crippen LogP) is 3.69. The van der Waals surface area contributed by atoms with E-state index in [0.717, 1.165) is 21.0 Å². The molecular formula is C11H8ClIN4O2. The van der Waals surface area contributed by atoms with Crippen LogP contribution in [0.2, 0.25) is 5.28 Å². The third kappa shape index (κ3) is 3.10. The first-order valence-electron chi connectivity index (χ1n) is 5.18. The average Bonchev–Trinajstić information content (AvgIpc) is 2.35. The van der Waals surface area contributed by atoms with Crippen molar-refractivity contribution in [3.05, 3.63) is 48.9 Å². The first-order chi connectivity index (χ1) is 8.99. The molecule has 0 saturated heterocycles. The van der Waals surface area contributed by atoms with E-state index >= 15 is 0 Å². The number of anilines is 2. The minimum atomic E-state index is -0.554. The Bertz CT molecular complexity index is 651. The Balaban J connectivity index is 2.45. The number of hydrogen-bond acceptors (Lipinski definition) is 5.